The maximum Gasteiger partial charge on any atom is 0.222 e. The maximum absolute atomic E-state index is 5.90. The zero-order valence-corrected chi connectivity index (χ0v) is 8.43. The summed E-state index contributed by atoms with van der Waals surface area (Å²) < 4.78 is 1.93. The highest BCUT2D eigenvalue weighted by Gasteiger charge is 2.18. The molecule has 1 saturated heterocycles. The number of nitrogens with two attached hydrogens (primary N) is 1. The van der Waals surface area contributed by atoms with Gasteiger partial charge in [0.2, 0.25) is 5.95 Å². The zero-order valence-electron chi connectivity index (χ0n) is 8.43. The number of fused-ring (bicyclic) bond motifs is 1. The van der Waals surface area contributed by atoms with Crippen LogP contribution in [-0.2, 0) is 0 Å². The van der Waals surface area contributed by atoms with Gasteiger partial charge in [-0.3, -0.25) is 0 Å². The van der Waals surface area contributed by atoms with Crippen LogP contribution in [0.3, 0.4) is 0 Å². The van der Waals surface area contributed by atoms with Crippen LogP contribution in [0.15, 0.2) is 18.3 Å². The van der Waals surface area contributed by atoms with Gasteiger partial charge in [0.25, 0.3) is 0 Å². The van der Waals surface area contributed by atoms with E-state index in [2.05, 4.69) is 15.0 Å². The molecule has 1 aliphatic heterocycles. The molecule has 0 amide bonds. The lowest BCUT2D eigenvalue weighted by Gasteiger charge is -2.19. The summed E-state index contributed by atoms with van der Waals surface area (Å²) in [6, 6.07) is 3.81. The van der Waals surface area contributed by atoms with Crippen LogP contribution in [0.2, 0.25) is 0 Å². The molecule has 3 heterocycles. The molecule has 1 aliphatic rings. The van der Waals surface area contributed by atoms with Gasteiger partial charge in [-0.05, 0) is 25.0 Å². The first kappa shape index (κ1) is 8.52. The van der Waals surface area contributed by atoms with Gasteiger partial charge in [0.05, 0.1) is 0 Å². The minimum atomic E-state index is 0.533. The second kappa shape index (κ2) is 3.12. The monoisotopic (exact) mass is 203 g/mol. The summed E-state index contributed by atoms with van der Waals surface area (Å²) in [5.74, 6) is 0.533. The van der Waals surface area contributed by atoms with Crippen LogP contribution >= 0.6 is 0 Å². The number of hydrogen-bond donors (Lipinski definition) is 1. The summed E-state index contributed by atoms with van der Waals surface area (Å²) in [7, 11) is 0. The third-order valence-electron chi connectivity index (χ3n) is 2.78. The van der Waals surface area contributed by atoms with Gasteiger partial charge in [-0.15, -0.1) is 0 Å². The van der Waals surface area contributed by atoms with Crippen molar-refractivity contribution in [3.8, 4) is 0 Å². The van der Waals surface area contributed by atoms with E-state index in [1.165, 1.54) is 12.8 Å². The molecule has 5 heteroatoms. The number of hydrogen-bond acceptors (Lipinski definition) is 4. The average Bonchev–Trinajstić information content (AvgIpc) is 2.82. The predicted octanol–water partition coefficient (Wildman–Crippen LogP) is 0.745. The molecule has 2 aromatic heterocycles. The molecule has 78 valence electrons. The molecular formula is C10H13N5. The van der Waals surface area contributed by atoms with Crippen molar-refractivity contribution in [2.75, 3.05) is 23.8 Å². The number of imidazole rings is 1. The van der Waals surface area contributed by atoms with E-state index in [4.69, 9.17) is 5.73 Å². The first-order chi connectivity index (χ1) is 7.36. The van der Waals surface area contributed by atoms with Gasteiger partial charge in [0.15, 0.2) is 5.65 Å². The van der Waals surface area contributed by atoms with Gasteiger partial charge >= 0.3 is 0 Å². The number of anilines is 1. The molecule has 15 heavy (non-hydrogen) atoms. The highest BCUT2D eigenvalue weighted by Crippen LogP contribution is 2.18. The molecule has 0 atom stereocenters. The molecule has 0 radical (unpaired) electrons. The van der Waals surface area contributed by atoms with Crippen LogP contribution in [-0.4, -0.2) is 27.7 Å². The van der Waals surface area contributed by atoms with Crippen molar-refractivity contribution in [1.29, 1.82) is 0 Å². The lowest BCUT2D eigenvalue weighted by Crippen LogP contribution is -2.32. The van der Waals surface area contributed by atoms with Crippen molar-refractivity contribution in [2.24, 2.45) is 0 Å². The molecule has 0 saturated carbocycles. The lowest BCUT2D eigenvalue weighted by molar-refractivity contribution is 0.685. The van der Waals surface area contributed by atoms with Crippen LogP contribution < -0.4 is 10.7 Å². The molecule has 0 aromatic carbocycles. The molecule has 1 fully saturated rings. The molecule has 2 N–H and O–H groups in total. The molecule has 0 bridgehead atoms. The van der Waals surface area contributed by atoms with E-state index in [0.29, 0.717) is 5.95 Å². The molecule has 3 rings (SSSR count). The van der Waals surface area contributed by atoms with Gasteiger partial charge in [-0.25, -0.2) is 14.6 Å². The van der Waals surface area contributed by atoms with Crippen LogP contribution in [0.5, 0.6) is 0 Å². The summed E-state index contributed by atoms with van der Waals surface area (Å²) in [6.45, 7) is 2.07. The topological polar surface area (TPSA) is 60.0 Å². The maximum atomic E-state index is 5.90. The Morgan fingerprint density at radius 3 is 2.87 bits per heavy atom. The average molecular weight is 203 g/mol. The summed E-state index contributed by atoms with van der Waals surface area (Å²) in [6.07, 6.45) is 4.20. The Hall–Kier alpha value is -1.78. The van der Waals surface area contributed by atoms with Crippen LogP contribution in [0.25, 0.3) is 11.2 Å². The Balaban J connectivity index is 2.19. The lowest BCUT2D eigenvalue weighted by atomic mass is 10.4. The van der Waals surface area contributed by atoms with Crippen LogP contribution in [0.1, 0.15) is 12.8 Å². The van der Waals surface area contributed by atoms with E-state index in [1.54, 1.807) is 6.20 Å². The van der Waals surface area contributed by atoms with Crippen molar-refractivity contribution in [3.05, 3.63) is 18.3 Å². The Bertz CT molecular complexity index is 484. The van der Waals surface area contributed by atoms with Gasteiger partial charge < -0.3 is 10.7 Å². The summed E-state index contributed by atoms with van der Waals surface area (Å²) in [5.41, 5.74) is 7.62. The number of nitrogen functional groups attached to an aromatic ring is 1. The highest BCUT2D eigenvalue weighted by atomic mass is 15.6. The van der Waals surface area contributed by atoms with Crippen molar-refractivity contribution in [1.82, 2.24) is 14.6 Å². The van der Waals surface area contributed by atoms with E-state index in [0.717, 1.165) is 24.3 Å². The molecular weight excluding hydrogens is 190 g/mol. The van der Waals surface area contributed by atoms with Crippen molar-refractivity contribution in [3.63, 3.8) is 0 Å². The third-order valence-corrected chi connectivity index (χ3v) is 2.78. The van der Waals surface area contributed by atoms with E-state index in [1.807, 2.05) is 16.8 Å². The normalized spacial score (nSPS) is 16.4. The largest absolute Gasteiger partial charge is 0.368 e. The molecule has 2 aromatic rings. The smallest absolute Gasteiger partial charge is 0.222 e. The highest BCUT2D eigenvalue weighted by molar-refractivity contribution is 5.74. The molecule has 0 spiro atoms. The van der Waals surface area contributed by atoms with Gasteiger partial charge in [-0.1, -0.05) is 0 Å². The SMILES string of the molecule is Nc1nc2cccnc2n1N1CCCC1. The number of nitrogens with zero attached hydrogens (tertiary/aromatic N) is 4. The predicted molar refractivity (Wildman–Crippen MR) is 59.1 cm³/mol. The summed E-state index contributed by atoms with van der Waals surface area (Å²) in [5, 5.41) is 2.21. The Kier molecular flexibility index (Phi) is 1.77. The van der Waals surface area contributed by atoms with Gasteiger partial charge in [0.1, 0.15) is 5.52 Å². The number of rotatable bonds is 1. The van der Waals surface area contributed by atoms with Crippen molar-refractivity contribution < 1.29 is 0 Å². The fourth-order valence-corrected chi connectivity index (χ4v) is 2.10. The fourth-order valence-electron chi connectivity index (χ4n) is 2.10. The second-order valence-electron chi connectivity index (χ2n) is 3.79. The van der Waals surface area contributed by atoms with E-state index in [9.17, 15) is 0 Å². The molecule has 5 nitrogen and oxygen atoms in total. The minimum Gasteiger partial charge on any atom is -0.368 e. The van der Waals surface area contributed by atoms with E-state index < -0.39 is 0 Å². The molecule has 0 unspecified atom stereocenters. The Morgan fingerprint density at radius 2 is 2.07 bits per heavy atom. The summed E-state index contributed by atoms with van der Waals surface area (Å²) in [4.78, 5) is 8.62. The van der Waals surface area contributed by atoms with Crippen molar-refractivity contribution >= 4 is 17.1 Å². The number of pyridine rings is 1. The fraction of sp³-hybridized carbons (Fsp3) is 0.400. The van der Waals surface area contributed by atoms with Crippen LogP contribution in [0.4, 0.5) is 5.95 Å². The quantitative estimate of drug-likeness (QED) is 0.742. The number of aromatic nitrogens is 3. The minimum absolute atomic E-state index is 0.533. The Labute approximate surface area is 87.5 Å². The molecule has 0 aliphatic carbocycles. The second-order valence-corrected chi connectivity index (χ2v) is 3.79. The third kappa shape index (κ3) is 1.23. The van der Waals surface area contributed by atoms with E-state index >= 15 is 0 Å². The zero-order chi connectivity index (χ0) is 10.3. The van der Waals surface area contributed by atoms with Gasteiger partial charge in [-0.2, -0.15) is 0 Å². The first-order valence-electron chi connectivity index (χ1n) is 5.20. The van der Waals surface area contributed by atoms with Gasteiger partial charge in [0, 0.05) is 19.3 Å². The van der Waals surface area contributed by atoms with Crippen molar-refractivity contribution in [2.45, 2.75) is 12.8 Å². The first-order valence-corrected chi connectivity index (χ1v) is 5.20. The standard InChI is InChI=1S/C10H13N5/c11-10-13-8-4-3-5-12-9(8)15(10)14-6-1-2-7-14/h3-5H,1-2,6-7H2,(H2,11,13). The van der Waals surface area contributed by atoms with E-state index in [-0.39, 0.29) is 0 Å². The summed E-state index contributed by atoms with van der Waals surface area (Å²) >= 11 is 0. The van der Waals surface area contributed by atoms with Crippen LogP contribution in [0, 0.1) is 0 Å². The Morgan fingerprint density at radius 1 is 1.27 bits per heavy atom.